The molecule has 2 amide bonds. The van der Waals surface area contributed by atoms with Crippen molar-refractivity contribution in [1.29, 1.82) is 0 Å². The number of hydrogen-bond acceptors (Lipinski definition) is 2. The molecule has 0 N–H and O–H groups in total. The summed E-state index contributed by atoms with van der Waals surface area (Å²) in [5.74, 6) is -0.489. The van der Waals surface area contributed by atoms with Gasteiger partial charge in [-0.3, -0.25) is 9.59 Å². The second kappa shape index (κ2) is 7.14. The standard InChI is InChI=1S/C28H24BrNO2/c1-3-15(2)16-8-13-21-22(14-16)24-20-7-5-4-6-19(20)23(21)25-26(24)28(32)30(27(25)31)18-11-9-17(29)10-12-18/h4-15,23-26H,3H2,1-2H3/t15-,23+,24+,25+,26-/m1/s1. The number of carbonyl (C=O) groups is 2. The zero-order chi connectivity index (χ0) is 22.1. The van der Waals surface area contributed by atoms with E-state index in [-0.39, 0.29) is 35.5 Å². The first-order chi connectivity index (χ1) is 15.5. The fourth-order valence-corrected chi connectivity index (χ4v) is 6.40. The Morgan fingerprint density at radius 2 is 1.38 bits per heavy atom. The highest BCUT2D eigenvalue weighted by atomic mass is 79.9. The first-order valence-electron chi connectivity index (χ1n) is 11.4. The van der Waals surface area contributed by atoms with Crippen LogP contribution in [0.3, 0.4) is 0 Å². The molecule has 2 bridgehead atoms. The normalized spacial score (nSPS) is 26.0. The van der Waals surface area contributed by atoms with Gasteiger partial charge in [-0.1, -0.05) is 72.2 Å². The van der Waals surface area contributed by atoms with Crippen LogP contribution in [0.2, 0.25) is 0 Å². The van der Waals surface area contributed by atoms with Gasteiger partial charge in [-0.25, -0.2) is 4.90 Å². The van der Waals surface area contributed by atoms with Crippen LogP contribution in [-0.4, -0.2) is 11.8 Å². The Morgan fingerprint density at radius 3 is 1.97 bits per heavy atom. The molecule has 0 radical (unpaired) electrons. The van der Waals surface area contributed by atoms with Gasteiger partial charge in [0.25, 0.3) is 0 Å². The van der Waals surface area contributed by atoms with E-state index in [1.165, 1.54) is 32.7 Å². The minimum absolute atomic E-state index is 0.0635. The van der Waals surface area contributed by atoms with Crippen LogP contribution in [0.4, 0.5) is 5.69 Å². The molecule has 3 nitrogen and oxygen atoms in total. The van der Waals surface area contributed by atoms with E-state index in [0.717, 1.165) is 10.9 Å². The molecule has 1 aliphatic heterocycles. The molecule has 0 spiro atoms. The van der Waals surface area contributed by atoms with Gasteiger partial charge < -0.3 is 0 Å². The molecule has 3 aromatic rings. The summed E-state index contributed by atoms with van der Waals surface area (Å²) in [5, 5.41) is 0. The van der Waals surface area contributed by atoms with Gasteiger partial charge in [0.2, 0.25) is 11.8 Å². The molecule has 7 rings (SSSR count). The summed E-state index contributed by atoms with van der Waals surface area (Å²) in [6, 6.07) is 22.6. The van der Waals surface area contributed by atoms with Crippen molar-refractivity contribution in [3.63, 3.8) is 0 Å². The number of rotatable bonds is 3. The van der Waals surface area contributed by atoms with E-state index < -0.39 is 0 Å². The van der Waals surface area contributed by atoms with E-state index in [9.17, 15) is 9.59 Å². The average molecular weight is 486 g/mol. The van der Waals surface area contributed by atoms with Crippen molar-refractivity contribution in [1.82, 2.24) is 0 Å². The summed E-state index contributed by atoms with van der Waals surface area (Å²) in [4.78, 5) is 29.0. The number of halogens is 1. The van der Waals surface area contributed by atoms with E-state index >= 15 is 0 Å². The van der Waals surface area contributed by atoms with Crippen molar-refractivity contribution in [3.8, 4) is 0 Å². The van der Waals surface area contributed by atoms with E-state index in [1.54, 1.807) is 0 Å². The van der Waals surface area contributed by atoms with Crippen molar-refractivity contribution in [2.45, 2.75) is 38.0 Å². The number of hydrogen-bond donors (Lipinski definition) is 0. The second-order valence-corrected chi connectivity index (χ2v) is 10.2. The van der Waals surface area contributed by atoms with Gasteiger partial charge in [0, 0.05) is 16.3 Å². The summed E-state index contributed by atoms with van der Waals surface area (Å²) in [7, 11) is 0. The molecule has 1 heterocycles. The summed E-state index contributed by atoms with van der Waals surface area (Å²) in [6.45, 7) is 4.45. The monoisotopic (exact) mass is 485 g/mol. The molecule has 160 valence electrons. The zero-order valence-corrected chi connectivity index (χ0v) is 19.7. The van der Waals surface area contributed by atoms with Gasteiger partial charge in [-0.05, 0) is 64.4 Å². The van der Waals surface area contributed by atoms with Crippen LogP contribution in [0.15, 0.2) is 71.2 Å². The van der Waals surface area contributed by atoms with Crippen LogP contribution < -0.4 is 4.90 Å². The minimum atomic E-state index is -0.342. The molecule has 32 heavy (non-hydrogen) atoms. The van der Waals surface area contributed by atoms with Crippen molar-refractivity contribution >= 4 is 33.4 Å². The first-order valence-corrected chi connectivity index (χ1v) is 12.2. The number of nitrogens with zero attached hydrogens (tertiary/aromatic N) is 1. The summed E-state index contributed by atoms with van der Waals surface area (Å²) >= 11 is 3.45. The summed E-state index contributed by atoms with van der Waals surface area (Å²) in [5.41, 5.74) is 6.86. The minimum Gasteiger partial charge on any atom is -0.274 e. The quantitative estimate of drug-likeness (QED) is 0.404. The van der Waals surface area contributed by atoms with E-state index in [2.05, 4.69) is 72.2 Å². The van der Waals surface area contributed by atoms with Gasteiger partial charge >= 0.3 is 0 Å². The lowest BCUT2D eigenvalue weighted by molar-refractivity contribution is -0.122. The van der Waals surface area contributed by atoms with Crippen LogP contribution in [0.25, 0.3) is 0 Å². The van der Waals surface area contributed by atoms with Crippen LogP contribution in [0.1, 0.15) is 65.8 Å². The van der Waals surface area contributed by atoms with Gasteiger partial charge in [0.15, 0.2) is 0 Å². The Morgan fingerprint density at radius 1 is 0.812 bits per heavy atom. The highest BCUT2D eigenvalue weighted by Gasteiger charge is 2.61. The second-order valence-electron chi connectivity index (χ2n) is 9.32. The Hall–Kier alpha value is -2.72. The lowest BCUT2D eigenvalue weighted by Gasteiger charge is -2.46. The zero-order valence-electron chi connectivity index (χ0n) is 18.1. The third kappa shape index (κ3) is 2.59. The van der Waals surface area contributed by atoms with Crippen LogP contribution in [0.5, 0.6) is 0 Å². The van der Waals surface area contributed by atoms with E-state index in [1.807, 2.05) is 24.3 Å². The lowest BCUT2D eigenvalue weighted by atomic mass is 9.54. The molecule has 5 atom stereocenters. The van der Waals surface area contributed by atoms with Gasteiger partial charge in [0.1, 0.15) is 0 Å². The predicted octanol–water partition coefficient (Wildman–Crippen LogP) is 6.36. The first kappa shape index (κ1) is 19.9. The van der Waals surface area contributed by atoms with Gasteiger partial charge in [0.05, 0.1) is 17.5 Å². The van der Waals surface area contributed by atoms with Crippen LogP contribution in [-0.2, 0) is 9.59 Å². The number of anilines is 1. The number of imide groups is 1. The SMILES string of the molecule is CC[C@@H](C)c1ccc2c(c1)[C@@H]1c3ccccc3[C@@H]2[C@@H]2C(=O)N(c3ccc(Br)cc3)C(=O)[C@H]12. The van der Waals surface area contributed by atoms with Crippen LogP contribution in [0, 0.1) is 11.8 Å². The third-order valence-corrected chi connectivity index (χ3v) is 8.36. The predicted molar refractivity (Wildman–Crippen MR) is 129 cm³/mol. The van der Waals surface area contributed by atoms with E-state index in [0.29, 0.717) is 11.6 Å². The number of amides is 2. The Labute approximate surface area is 196 Å². The highest BCUT2D eigenvalue weighted by Crippen LogP contribution is 2.61. The van der Waals surface area contributed by atoms with Crippen molar-refractivity contribution in [2.75, 3.05) is 4.90 Å². The number of benzene rings is 3. The molecule has 3 aromatic carbocycles. The Balaban J connectivity index is 1.54. The van der Waals surface area contributed by atoms with Crippen LogP contribution >= 0.6 is 15.9 Å². The fraction of sp³-hybridized carbons (Fsp3) is 0.286. The molecule has 3 aliphatic carbocycles. The van der Waals surface area contributed by atoms with Gasteiger partial charge in [-0.15, -0.1) is 0 Å². The largest absolute Gasteiger partial charge is 0.274 e. The average Bonchev–Trinajstić information content (AvgIpc) is 3.09. The molecule has 4 heteroatoms. The Kier molecular flexibility index (Phi) is 4.45. The maximum absolute atomic E-state index is 13.8. The molecule has 0 unspecified atom stereocenters. The molecule has 4 aliphatic rings. The third-order valence-electron chi connectivity index (χ3n) is 7.83. The summed E-state index contributed by atoms with van der Waals surface area (Å²) in [6.07, 6.45) is 1.07. The molecule has 1 fully saturated rings. The maximum Gasteiger partial charge on any atom is 0.238 e. The maximum atomic E-state index is 13.8. The number of carbonyl (C=O) groups excluding carboxylic acids is 2. The van der Waals surface area contributed by atoms with E-state index in [4.69, 9.17) is 0 Å². The molecular weight excluding hydrogens is 462 g/mol. The van der Waals surface area contributed by atoms with Crippen molar-refractivity contribution in [3.05, 3.63) is 99.0 Å². The smallest absolute Gasteiger partial charge is 0.238 e. The molecule has 1 saturated heterocycles. The Bertz CT molecular complexity index is 1260. The summed E-state index contributed by atoms with van der Waals surface area (Å²) < 4.78 is 0.926. The molecule has 0 saturated carbocycles. The topological polar surface area (TPSA) is 37.4 Å². The highest BCUT2D eigenvalue weighted by molar-refractivity contribution is 9.10. The molecular formula is C28H24BrNO2. The van der Waals surface area contributed by atoms with Crippen molar-refractivity contribution in [2.24, 2.45) is 11.8 Å². The van der Waals surface area contributed by atoms with Gasteiger partial charge in [-0.2, -0.15) is 0 Å². The lowest BCUT2D eigenvalue weighted by Crippen LogP contribution is -2.41. The molecule has 0 aromatic heterocycles. The van der Waals surface area contributed by atoms with Crippen molar-refractivity contribution < 1.29 is 9.59 Å². The fourth-order valence-electron chi connectivity index (χ4n) is 6.13.